The fourth-order valence-electron chi connectivity index (χ4n) is 0.681. The number of rotatable bonds is 1. The Morgan fingerprint density at radius 3 is 2.50 bits per heavy atom. The number of ether oxygens (including phenoxy) is 1. The summed E-state index contributed by atoms with van der Waals surface area (Å²) in [7, 11) is 0. The summed E-state index contributed by atoms with van der Waals surface area (Å²) in [5.74, 6) is -2.61. The van der Waals surface area contributed by atoms with Crippen LogP contribution in [0, 0.1) is 5.82 Å². The second-order valence-corrected chi connectivity index (χ2v) is 2.55. The van der Waals surface area contributed by atoms with Crippen LogP contribution in [0.25, 0.3) is 0 Å². The first-order valence-corrected chi connectivity index (χ1v) is 3.54. The van der Waals surface area contributed by atoms with Gasteiger partial charge in [-0.3, -0.25) is 0 Å². The van der Waals surface area contributed by atoms with Crippen LogP contribution in [0.1, 0.15) is 0 Å². The van der Waals surface area contributed by atoms with Gasteiger partial charge in [0.25, 0.3) is 0 Å². The maximum atomic E-state index is 12.9. The molecule has 1 rings (SSSR count). The van der Waals surface area contributed by atoms with E-state index >= 15 is 0 Å². The third-order valence-corrected chi connectivity index (χ3v) is 1.44. The molecular formula is C6H3ClF4N2O. The second kappa shape index (κ2) is 3.49. The zero-order valence-electron chi connectivity index (χ0n) is 6.40. The van der Waals surface area contributed by atoms with Gasteiger partial charge in [0.15, 0.2) is 10.9 Å². The Labute approximate surface area is 80.4 Å². The highest BCUT2D eigenvalue weighted by molar-refractivity contribution is 6.29. The van der Waals surface area contributed by atoms with Gasteiger partial charge in [-0.25, -0.2) is 4.98 Å². The zero-order chi connectivity index (χ0) is 10.9. The Morgan fingerprint density at radius 1 is 1.43 bits per heavy atom. The number of halogens is 5. The molecule has 0 saturated carbocycles. The highest BCUT2D eigenvalue weighted by Crippen LogP contribution is 2.33. The first-order valence-electron chi connectivity index (χ1n) is 3.16. The smallest absolute Gasteiger partial charge is 0.400 e. The van der Waals surface area contributed by atoms with Crippen LogP contribution in [-0.2, 0) is 0 Å². The minimum absolute atomic E-state index is 0.579. The lowest BCUT2D eigenvalue weighted by Crippen LogP contribution is -2.19. The van der Waals surface area contributed by atoms with Crippen LogP contribution in [0.2, 0.25) is 5.15 Å². The molecule has 0 spiro atoms. The summed E-state index contributed by atoms with van der Waals surface area (Å²) >= 11 is 5.13. The van der Waals surface area contributed by atoms with Crippen LogP contribution in [0.4, 0.5) is 23.2 Å². The van der Waals surface area contributed by atoms with Crippen LogP contribution in [-0.4, -0.2) is 11.3 Å². The van der Waals surface area contributed by atoms with Crippen molar-refractivity contribution in [1.29, 1.82) is 0 Å². The molecule has 0 aromatic carbocycles. The SMILES string of the molecule is Nc1cnc(Cl)c(F)c1OC(F)(F)F. The monoisotopic (exact) mass is 230 g/mol. The second-order valence-electron chi connectivity index (χ2n) is 2.20. The molecule has 14 heavy (non-hydrogen) atoms. The fourth-order valence-corrected chi connectivity index (χ4v) is 0.816. The van der Waals surface area contributed by atoms with E-state index in [1.807, 2.05) is 0 Å². The average Bonchev–Trinajstić information content (AvgIpc) is 2.04. The van der Waals surface area contributed by atoms with Gasteiger partial charge in [-0.1, -0.05) is 11.6 Å². The van der Waals surface area contributed by atoms with Gasteiger partial charge in [0.1, 0.15) is 0 Å². The number of nitrogens with zero attached hydrogens (tertiary/aromatic N) is 1. The summed E-state index contributed by atoms with van der Waals surface area (Å²) < 4.78 is 51.4. The molecule has 0 aliphatic carbocycles. The number of hydrogen-bond acceptors (Lipinski definition) is 3. The highest BCUT2D eigenvalue weighted by atomic mass is 35.5. The first kappa shape index (κ1) is 10.8. The third-order valence-electron chi connectivity index (χ3n) is 1.18. The van der Waals surface area contributed by atoms with E-state index in [9.17, 15) is 17.6 Å². The minimum atomic E-state index is -5.03. The molecule has 2 N–H and O–H groups in total. The van der Waals surface area contributed by atoms with Gasteiger partial charge in [0.2, 0.25) is 5.82 Å². The van der Waals surface area contributed by atoms with Crippen LogP contribution in [0.3, 0.4) is 0 Å². The number of nitrogen functional groups attached to an aromatic ring is 1. The molecule has 0 aliphatic rings. The van der Waals surface area contributed by atoms with Crippen molar-refractivity contribution >= 4 is 17.3 Å². The normalized spacial score (nSPS) is 11.5. The van der Waals surface area contributed by atoms with E-state index in [2.05, 4.69) is 9.72 Å². The van der Waals surface area contributed by atoms with Crippen molar-refractivity contribution in [3.05, 3.63) is 17.2 Å². The van der Waals surface area contributed by atoms with Gasteiger partial charge in [-0.2, -0.15) is 4.39 Å². The van der Waals surface area contributed by atoms with Gasteiger partial charge < -0.3 is 10.5 Å². The fraction of sp³-hybridized carbons (Fsp3) is 0.167. The Morgan fingerprint density at radius 2 is 2.00 bits per heavy atom. The predicted octanol–water partition coefficient (Wildman–Crippen LogP) is 2.35. The van der Waals surface area contributed by atoms with E-state index in [1.165, 1.54) is 0 Å². The Hall–Kier alpha value is -1.24. The quantitative estimate of drug-likeness (QED) is 0.595. The lowest BCUT2D eigenvalue weighted by atomic mass is 10.4. The van der Waals surface area contributed by atoms with Crippen molar-refractivity contribution in [2.75, 3.05) is 5.73 Å². The van der Waals surface area contributed by atoms with Crippen molar-refractivity contribution in [3.8, 4) is 5.75 Å². The van der Waals surface area contributed by atoms with Crippen molar-refractivity contribution < 1.29 is 22.3 Å². The first-order chi connectivity index (χ1) is 6.31. The molecule has 0 amide bonds. The molecule has 0 fully saturated rings. The Kier molecular flexibility index (Phi) is 2.70. The van der Waals surface area contributed by atoms with Crippen molar-refractivity contribution in [3.63, 3.8) is 0 Å². The molecule has 1 heterocycles. The van der Waals surface area contributed by atoms with Gasteiger partial charge in [-0.15, -0.1) is 13.2 Å². The molecule has 0 aliphatic heterocycles. The van der Waals surface area contributed by atoms with E-state index in [0.29, 0.717) is 0 Å². The summed E-state index contributed by atoms with van der Waals surface area (Å²) in [6, 6.07) is 0. The van der Waals surface area contributed by atoms with E-state index in [-0.39, 0.29) is 0 Å². The van der Waals surface area contributed by atoms with Crippen molar-refractivity contribution in [1.82, 2.24) is 4.98 Å². The number of hydrogen-bond donors (Lipinski definition) is 1. The summed E-state index contributed by atoms with van der Waals surface area (Å²) in [6.45, 7) is 0. The number of anilines is 1. The molecular weight excluding hydrogens is 228 g/mol. The van der Waals surface area contributed by atoms with E-state index in [0.717, 1.165) is 6.20 Å². The number of nitrogens with two attached hydrogens (primary N) is 1. The molecule has 78 valence electrons. The zero-order valence-corrected chi connectivity index (χ0v) is 7.16. The minimum Gasteiger partial charge on any atom is -0.400 e. The van der Waals surface area contributed by atoms with Gasteiger partial charge in [0.05, 0.1) is 11.9 Å². The van der Waals surface area contributed by atoms with Gasteiger partial charge in [0, 0.05) is 0 Å². The molecule has 0 unspecified atom stereocenters. The molecule has 0 atom stereocenters. The van der Waals surface area contributed by atoms with Crippen LogP contribution < -0.4 is 10.5 Å². The lowest BCUT2D eigenvalue weighted by Gasteiger charge is -2.11. The maximum Gasteiger partial charge on any atom is 0.573 e. The Balaban J connectivity index is 3.13. The summed E-state index contributed by atoms with van der Waals surface area (Å²) in [5.41, 5.74) is 4.43. The molecule has 0 saturated heterocycles. The highest BCUT2D eigenvalue weighted by Gasteiger charge is 2.34. The summed E-state index contributed by atoms with van der Waals surface area (Å²) in [6.07, 6.45) is -4.26. The maximum absolute atomic E-state index is 12.9. The molecule has 8 heteroatoms. The predicted molar refractivity (Wildman–Crippen MR) is 40.3 cm³/mol. The lowest BCUT2D eigenvalue weighted by molar-refractivity contribution is -0.275. The van der Waals surface area contributed by atoms with Crippen molar-refractivity contribution in [2.24, 2.45) is 0 Å². The number of pyridine rings is 1. The average molecular weight is 231 g/mol. The van der Waals surface area contributed by atoms with Crippen LogP contribution in [0.15, 0.2) is 6.20 Å². The van der Waals surface area contributed by atoms with Gasteiger partial charge >= 0.3 is 6.36 Å². The van der Waals surface area contributed by atoms with Crippen LogP contribution >= 0.6 is 11.6 Å². The third kappa shape index (κ3) is 2.38. The van der Waals surface area contributed by atoms with Gasteiger partial charge in [-0.05, 0) is 0 Å². The topological polar surface area (TPSA) is 48.1 Å². The number of aromatic nitrogens is 1. The summed E-state index contributed by atoms with van der Waals surface area (Å²) in [4.78, 5) is 3.19. The van der Waals surface area contributed by atoms with E-state index < -0.39 is 28.8 Å². The van der Waals surface area contributed by atoms with E-state index in [1.54, 1.807) is 0 Å². The van der Waals surface area contributed by atoms with Crippen molar-refractivity contribution in [2.45, 2.75) is 6.36 Å². The standard InChI is InChI=1S/C6H3ClF4N2O/c7-5-3(8)4(2(12)1-13-5)14-6(9,10)11/h1H,12H2. The molecule has 0 radical (unpaired) electrons. The summed E-state index contributed by atoms with van der Waals surface area (Å²) in [5, 5.41) is -0.738. The van der Waals surface area contributed by atoms with Crippen LogP contribution in [0.5, 0.6) is 5.75 Å². The molecule has 1 aromatic rings. The van der Waals surface area contributed by atoms with E-state index in [4.69, 9.17) is 17.3 Å². The molecule has 3 nitrogen and oxygen atoms in total. The molecule has 1 aromatic heterocycles. The Bertz CT molecular complexity index is 354. The largest absolute Gasteiger partial charge is 0.573 e. The molecule has 0 bridgehead atoms. The number of alkyl halides is 3.